The average molecular weight is 368 g/mol. The summed E-state index contributed by atoms with van der Waals surface area (Å²) in [6.45, 7) is 1.50. The number of hydrogen-bond acceptors (Lipinski definition) is 5. The van der Waals surface area contributed by atoms with Gasteiger partial charge in [0.2, 0.25) is 15.9 Å². The number of amides is 2. The van der Waals surface area contributed by atoms with E-state index in [1.54, 1.807) is 30.3 Å². The second kappa shape index (κ2) is 8.41. The van der Waals surface area contributed by atoms with Crippen molar-refractivity contribution in [2.45, 2.75) is 44.0 Å². The van der Waals surface area contributed by atoms with E-state index in [9.17, 15) is 18.0 Å². The van der Waals surface area contributed by atoms with E-state index in [-0.39, 0.29) is 5.75 Å². The third-order valence-corrected chi connectivity index (χ3v) is 5.30. The molecule has 25 heavy (non-hydrogen) atoms. The molecule has 1 saturated carbocycles. The van der Waals surface area contributed by atoms with E-state index in [0.717, 1.165) is 12.8 Å². The van der Waals surface area contributed by atoms with Crippen molar-refractivity contribution in [3.63, 3.8) is 0 Å². The van der Waals surface area contributed by atoms with E-state index in [1.165, 1.54) is 6.92 Å². The van der Waals surface area contributed by atoms with Gasteiger partial charge in [0.05, 0.1) is 5.75 Å². The van der Waals surface area contributed by atoms with Crippen molar-refractivity contribution in [1.29, 1.82) is 0 Å². The van der Waals surface area contributed by atoms with Crippen LogP contribution in [0.1, 0.15) is 31.7 Å². The van der Waals surface area contributed by atoms with E-state index < -0.39 is 33.9 Å². The third kappa shape index (κ3) is 6.81. The highest BCUT2D eigenvalue weighted by Crippen LogP contribution is 2.33. The fourth-order valence-electron chi connectivity index (χ4n) is 2.29. The standard InChI is InChI=1S/C16H24N4O4S/c1-11(15(17)21)18-19-16(22)14(9-12-7-8-12)20-25(23,24)10-13-5-3-2-4-6-13/h2-6,11-12,14,18,20H,7-10H2,1H3,(H2,17,21)(H,19,22)/t11?,14-/m0/s1. The zero-order valence-electron chi connectivity index (χ0n) is 14.1. The zero-order chi connectivity index (χ0) is 18.4. The van der Waals surface area contributed by atoms with E-state index in [1.807, 2.05) is 0 Å². The minimum Gasteiger partial charge on any atom is -0.368 e. The molecule has 8 nitrogen and oxygen atoms in total. The number of benzene rings is 1. The number of primary amides is 1. The molecular weight excluding hydrogens is 344 g/mol. The molecule has 0 spiro atoms. The number of carbonyl (C=O) groups is 2. The van der Waals surface area contributed by atoms with Gasteiger partial charge in [-0.2, -0.15) is 0 Å². The van der Waals surface area contributed by atoms with Crippen LogP contribution in [0, 0.1) is 5.92 Å². The van der Waals surface area contributed by atoms with Crippen LogP contribution in [0.25, 0.3) is 0 Å². The topological polar surface area (TPSA) is 130 Å². The lowest BCUT2D eigenvalue weighted by atomic mass is 10.1. The number of rotatable bonds is 10. The van der Waals surface area contributed by atoms with E-state index in [0.29, 0.717) is 17.9 Å². The minimum absolute atomic E-state index is 0.201. The van der Waals surface area contributed by atoms with Crippen LogP contribution in [0.15, 0.2) is 30.3 Å². The molecule has 0 aliphatic heterocycles. The molecule has 9 heteroatoms. The van der Waals surface area contributed by atoms with Crippen LogP contribution >= 0.6 is 0 Å². The molecule has 0 aromatic heterocycles. The number of hydrazine groups is 1. The molecule has 2 atom stereocenters. The second-order valence-corrected chi connectivity index (χ2v) is 8.11. The van der Waals surface area contributed by atoms with Crippen LogP contribution < -0.4 is 21.3 Å². The van der Waals surface area contributed by atoms with Crippen molar-refractivity contribution in [2.75, 3.05) is 0 Å². The second-order valence-electron chi connectivity index (χ2n) is 6.35. The quantitative estimate of drug-likeness (QED) is 0.424. The summed E-state index contributed by atoms with van der Waals surface area (Å²) in [5, 5.41) is 0. The Morgan fingerprint density at radius 2 is 1.88 bits per heavy atom. The van der Waals surface area contributed by atoms with Crippen LogP contribution in [0.5, 0.6) is 0 Å². The number of nitrogens with one attached hydrogen (secondary N) is 3. The van der Waals surface area contributed by atoms with Gasteiger partial charge in [0.1, 0.15) is 12.1 Å². The van der Waals surface area contributed by atoms with Gasteiger partial charge in [0.25, 0.3) is 5.91 Å². The van der Waals surface area contributed by atoms with Crippen molar-refractivity contribution >= 4 is 21.8 Å². The molecule has 138 valence electrons. The zero-order valence-corrected chi connectivity index (χ0v) is 14.9. The van der Waals surface area contributed by atoms with Gasteiger partial charge in [-0.3, -0.25) is 15.0 Å². The summed E-state index contributed by atoms with van der Waals surface area (Å²) in [5.41, 5.74) is 10.6. The Labute approximate surface area is 147 Å². The molecule has 0 saturated heterocycles. The molecule has 2 rings (SSSR count). The molecule has 0 heterocycles. The summed E-state index contributed by atoms with van der Waals surface area (Å²) in [6.07, 6.45) is 2.39. The van der Waals surface area contributed by atoms with Gasteiger partial charge >= 0.3 is 0 Å². The van der Waals surface area contributed by atoms with Gasteiger partial charge in [-0.1, -0.05) is 43.2 Å². The Morgan fingerprint density at radius 3 is 2.44 bits per heavy atom. The largest absolute Gasteiger partial charge is 0.368 e. The highest BCUT2D eigenvalue weighted by Gasteiger charge is 2.32. The molecule has 2 amide bonds. The molecule has 1 aliphatic rings. The van der Waals surface area contributed by atoms with Gasteiger partial charge in [-0.25, -0.2) is 18.6 Å². The molecule has 5 N–H and O–H groups in total. The number of carbonyl (C=O) groups excluding carboxylic acids is 2. The summed E-state index contributed by atoms with van der Waals surface area (Å²) >= 11 is 0. The molecule has 1 aliphatic carbocycles. The summed E-state index contributed by atoms with van der Waals surface area (Å²) in [5.74, 6) is -1.02. The van der Waals surface area contributed by atoms with Gasteiger partial charge in [0, 0.05) is 0 Å². The first kappa shape index (κ1) is 19.4. The van der Waals surface area contributed by atoms with Gasteiger partial charge < -0.3 is 5.73 Å². The van der Waals surface area contributed by atoms with Crippen LogP contribution in [-0.4, -0.2) is 32.3 Å². The normalized spacial score (nSPS) is 16.8. The Kier molecular flexibility index (Phi) is 6.51. The summed E-state index contributed by atoms with van der Waals surface area (Å²) in [4.78, 5) is 23.3. The lowest BCUT2D eigenvalue weighted by molar-refractivity contribution is -0.125. The molecule has 1 aromatic carbocycles. The Hall–Kier alpha value is -1.97. The average Bonchev–Trinajstić information content (AvgIpc) is 3.35. The highest BCUT2D eigenvalue weighted by atomic mass is 32.2. The minimum atomic E-state index is -3.68. The summed E-state index contributed by atoms with van der Waals surface area (Å²) in [7, 11) is -3.68. The first-order valence-electron chi connectivity index (χ1n) is 8.15. The smallest absolute Gasteiger partial charge is 0.252 e. The highest BCUT2D eigenvalue weighted by molar-refractivity contribution is 7.88. The van der Waals surface area contributed by atoms with Gasteiger partial charge in [0.15, 0.2) is 0 Å². The summed E-state index contributed by atoms with van der Waals surface area (Å²) in [6, 6.07) is 7.10. The fourth-order valence-corrected chi connectivity index (χ4v) is 3.64. The van der Waals surface area contributed by atoms with Crippen molar-refractivity contribution in [3.05, 3.63) is 35.9 Å². The first-order valence-corrected chi connectivity index (χ1v) is 9.80. The van der Waals surface area contributed by atoms with Gasteiger partial charge in [-0.05, 0) is 24.8 Å². The predicted molar refractivity (Wildman–Crippen MR) is 93.3 cm³/mol. The molecular formula is C16H24N4O4S. The van der Waals surface area contributed by atoms with E-state index in [4.69, 9.17) is 5.73 Å². The fraction of sp³-hybridized carbons (Fsp3) is 0.500. The monoisotopic (exact) mass is 368 g/mol. The lowest BCUT2D eigenvalue weighted by Crippen LogP contribution is -2.55. The Morgan fingerprint density at radius 1 is 1.24 bits per heavy atom. The van der Waals surface area contributed by atoms with Gasteiger partial charge in [-0.15, -0.1) is 0 Å². The molecule has 0 bridgehead atoms. The molecule has 0 radical (unpaired) electrons. The van der Waals surface area contributed by atoms with Crippen LogP contribution in [0.4, 0.5) is 0 Å². The SMILES string of the molecule is CC(NNC(=O)[C@H](CC1CC1)NS(=O)(=O)Cc1ccccc1)C(N)=O. The maximum absolute atomic E-state index is 12.4. The van der Waals surface area contributed by atoms with Crippen molar-refractivity contribution < 1.29 is 18.0 Å². The molecule has 1 unspecified atom stereocenters. The van der Waals surface area contributed by atoms with E-state index in [2.05, 4.69) is 15.6 Å². The molecule has 1 aromatic rings. The Bertz CT molecular complexity index is 704. The maximum Gasteiger partial charge on any atom is 0.252 e. The lowest BCUT2D eigenvalue weighted by Gasteiger charge is -2.20. The summed E-state index contributed by atoms with van der Waals surface area (Å²) < 4.78 is 27.2. The number of hydrogen-bond donors (Lipinski definition) is 4. The Balaban J connectivity index is 1.98. The van der Waals surface area contributed by atoms with Crippen LogP contribution in [-0.2, 0) is 25.4 Å². The first-order chi connectivity index (χ1) is 11.8. The van der Waals surface area contributed by atoms with Crippen LogP contribution in [0.3, 0.4) is 0 Å². The van der Waals surface area contributed by atoms with Crippen molar-refractivity contribution in [2.24, 2.45) is 11.7 Å². The number of sulfonamides is 1. The van der Waals surface area contributed by atoms with E-state index >= 15 is 0 Å². The van der Waals surface area contributed by atoms with Crippen LogP contribution in [0.2, 0.25) is 0 Å². The van der Waals surface area contributed by atoms with Crippen molar-refractivity contribution in [1.82, 2.24) is 15.6 Å². The van der Waals surface area contributed by atoms with Crippen molar-refractivity contribution in [3.8, 4) is 0 Å². The molecule has 1 fully saturated rings. The predicted octanol–water partition coefficient (Wildman–Crippen LogP) is -0.231. The maximum atomic E-state index is 12.4. The third-order valence-electron chi connectivity index (χ3n) is 3.94. The number of nitrogens with two attached hydrogens (primary N) is 1.